The molecular formula is C25H34N2O2S. The van der Waals surface area contributed by atoms with E-state index < -0.39 is 0 Å². The lowest BCUT2D eigenvalue weighted by Crippen LogP contribution is -2.49. The number of amides is 2. The summed E-state index contributed by atoms with van der Waals surface area (Å²) in [4.78, 5) is 31.7. The van der Waals surface area contributed by atoms with E-state index in [9.17, 15) is 9.59 Å². The van der Waals surface area contributed by atoms with Crippen molar-refractivity contribution in [3.05, 3.63) is 57.8 Å². The normalized spacial score (nSPS) is 17.4. The Hall–Kier alpha value is -2.14. The van der Waals surface area contributed by atoms with Gasteiger partial charge in [-0.25, -0.2) is 0 Å². The van der Waals surface area contributed by atoms with E-state index in [0.29, 0.717) is 13.0 Å². The second kappa shape index (κ2) is 9.34. The van der Waals surface area contributed by atoms with Gasteiger partial charge in [0.1, 0.15) is 6.54 Å². The minimum atomic E-state index is -0.102. The summed E-state index contributed by atoms with van der Waals surface area (Å²) in [6.45, 7) is 11.1. The van der Waals surface area contributed by atoms with Gasteiger partial charge in [-0.3, -0.25) is 9.59 Å². The summed E-state index contributed by atoms with van der Waals surface area (Å²) in [6, 6.07) is 12.3. The van der Waals surface area contributed by atoms with Crippen LogP contribution in [0, 0.1) is 5.41 Å². The van der Waals surface area contributed by atoms with E-state index in [-0.39, 0.29) is 35.9 Å². The molecule has 5 heteroatoms. The third-order valence-electron chi connectivity index (χ3n) is 5.83. The van der Waals surface area contributed by atoms with Gasteiger partial charge < -0.3 is 9.80 Å². The second-order valence-electron chi connectivity index (χ2n) is 9.47. The van der Waals surface area contributed by atoms with Crippen LogP contribution in [0.25, 0.3) is 0 Å². The molecule has 1 aromatic carbocycles. The third-order valence-corrected chi connectivity index (χ3v) is 6.83. The summed E-state index contributed by atoms with van der Waals surface area (Å²) in [5, 5.41) is 2.12. The Bertz CT molecular complexity index is 869. The highest BCUT2D eigenvalue weighted by Crippen LogP contribution is 2.37. The predicted octanol–water partition coefficient (Wildman–Crippen LogP) is 5.29. The lowest BCUT2D eigenvalue weighted by molar-refractivity contribution is -0.144. The van der Waals surface area contributed by atoms with Crippen LogP contribution >= 0.6 is 11.3 Å². The van der Waals surface area contributed by atoms with E-state index in [1.165, 1.54) is 10.4 Å². The van der Waals surface area contributed by atoms with Crippen molar-refractivity contribution >= 4 is 23.2 Å². The summed E-state index contributed by atoms with van der Waals surface area (Å²) in [5.41, 5.74) is 2.25. The molecule has 0 spiro atoms. The molecule has 30 heavy (non-hydrogen) atoms. The molecule has 3 rings (SSSR count). The van der Waals surface area contributed by atoms with Crippen LogP contribution in [-0.2, 0) is 16.0 Å². The fourth-order valence-electron chi connectivity index (χ4n) is 4.08. The molecule has 2 heterocycles. The number of hydrogen-bond donors (Lipinski definition) is 0. The Balaban J connectivity index is 1.87. The summed E-state index contributed by atoms with van der Waals surface area (Å²) in [5.74, 6) is 0.0953. The molecule has 0 saturated heterocycles. The predicted molar refractivity (Wildman–Crippen MR) is 124 cm³/mol. The fourth-order valence-corrected chi connectivity index (χ4v) is 4.99. The zero-order chi connectivity index (χ0) is 21.9. The smallest absolute Gasteiger partial charge is 0.243 e. The van der Waals surface area contributed by atoms with E-state index >= 15 is 0 Å². The molecule has 0 saturated carbocycles. The molecule has 0 fully saturated rings. The van der Waals surface area contributed by atoms with Crippen molar-refractivity contribution in [1.29, 1.82) is 0 Å². The van der Waals surface area contributed by atoms with Crippen LogP contribution in [0.2, 0.25) is 0 Å². The Morgan fingerprint density at radius 2 is 1.90 bits per heavy atom. The molecule has 2 unspecified atom stereocenters. The lowest BCUT2D eigenvalue weighted by Gasteiger charge is -2.39. The van der Waals surface area contributed by atoms with Crippen LogP contribution in [-0.4, -0.2) is 40.7 Å². The molecule has 0 aliphatic carbocycles. The van der Waals surface area contributed by atoms with Gasteiger partial charge in [-0.2, -0.15) is 0 Å². The van der Waals surface area contributed by atoms with Gasteiger partial charge in [0.2, 0.25) is 11.8 Å². The van der Waals surface area contributed by atoms with Crippen molar-refractivity contribution in [2.24, 2.45) is 5.41 Å². The number of carbonyl (C=O) groups excluding carboxylic acids is 2. The molecule has 2 aromatic rings. The molecule has 0 bridgehead atoms. The molecule has 1 aliphatic heterocycles. The number of rotatable bonds is 6. The van der Waals surface area contributed by atoms with Crippen LogP contribution in [0.3, 0.4) is 0 Å². The summed E-state index contributed by atoms with van der Waals surface area (Å²) in [7, 11) is 0. The maximum Gasteiger partial charge on any atom is 0.243 e. The van der Waals surface area contributed by atoms with Gasteiger partial charge in [0.25, 0.3) is 0 Å². The third kappa shape index (κ3) is 5.12. The van der Waals surface area contributed by atoms with Crippen molar-refractivity contribution in [2.45, 2.75) is 66.0 Å². The first-order valence-electron chi connectivity index (χ1n) is 10.9. The van der Waals surface area contributed by atoms with E-state index in [2.05, 4.69) is 51.3 Å². The van der Waals surface area contributed by atoms with Crippen molar-refractivity contribution in [3.8, 4) is 0 Å². The molecule has 4 nitrogen and oxygen atoms in total. The first kappa shape index (κ1) is 22.5. The SMILES string of the molecule is CCC(C)N(CC(=O)N1CCc2sccc2C1c1ccccc1)C(=O)CC(C)(C)C. The molecule has 1 aliphatic rings. The van der Waals surface area contributed by atoms with Gasteiger partial charge in [-0.1, -0.05) is 58.0 Å². The van der Waals surface area contributed by atoms with Gasteiger partial charge in [0.05, 0.1) is 6.04 Å². The van der Waals surface area contributed by atoms with Crippen LogP contribution in [0.5, 0.6) is 0 Å². The molecule has 162 valence electrons. The van der Waals surface area contributed by atoms with Gasteiger partial charge in [-0.15, -0.1) is 11.3 Å². The topological polar surface area (TPSA) is 40.6 Å². The Morgan fingerprint density at radius 1 is 1.20 bits per heavy atom. The van der Waals surface area contributed by atoms with Gasteiger partial charge in [-0.05, 0) is 47.8 Å². The average molecular weight is 427 g/mol. The number of nitrogens with zero attached hydrogens (tertiary/aromatic N) is 2. The zero-order valence-electron chi connectivity index (χ0n) is 18.9. The van der Waals surface area contributed by atoms with Crippen LogP contribution in [0.15, 0.2) is 41.8 Å². The lowest BCUT2D eigenvalue weighted by atomic mass is 9.91. The highest BCUT2D eigenvalue weighted by atomic mass is 32.1. The number of hydrogen-bond acceptors (Lipinski definition) is 3. The first-order chi connectivity index (χ1) is 14.2. The minimum Gasteiger partial charge on any atom is -0.331 e. The van der Waals surface area contributed by atoms with Crippen LogP contribution in [0.4, 0.5) is 0 Å². The molecule has 0 N–H and O–H groups in total. The number of benzene rings is 1. The number of carbonyl (C=O) groups is 2. The summed E-state index contributed by atoms with van der Waals surface area (Å²) >= 11 is 1.77. The van der Waals surface area contributed by atoms with E-state index in [0.717, 1.165) is 18.4 Å². The van der Waals surface area contributed by atoms with E-state index in [4.69, 9.17) is 0 Å². The fraction of sp³-hybridized carbons (Fsp3) is 0.520. The van der Waals surface area contributed by atoms with Gasteiger partial charge in [0, 0.05) is 23.9 Å². The Morgan fingerprint density at radius 3 is 2.53 bits per heavy atom. The van der Waals surface area contributed by atoms with Gasteiger partial charge >= 0.3 is 0 Å². The molecule has 1 aromatic heterocycles. The van der Waals surface area contributed by atoms with Crippen LogP contribution in [0.1, 0.15) is 69.5 Å². The minimum absolute atomic E-state index is 0.0308. The van der Waals surface area contributed by atoms with E-state index in [1.54, 1.807) is 16.2 Å². The average Bonchev–Trinajstić information content (AvgIpc) is 3.18. The summed E-state index contributed by atoms with van der Waals surface area (Å²) < 4.78 is 0. The molecule has 2 amide bonds. The van der Waals surface area contributed by atoms with Crippen molar-refractivity contribution in [1.82, 2.24) is 9.80 Å². The highest BCUT2D eigenvalue weighted by molar-refractivity contribution is 7.10. The van der Waals surface area contributed by atoms with Gasteiger partial charge in [0.15, 0.2) is 0 Å². The summed E-state index contributed by atoms with van der Waals surface area (Å²) in [6.07, 6.45) is 2.16. The van der Waals surface area contributed by atoms with Crippen LogP contribution < -0.4 is 0 Å². The van der Waals surface area contributed by atoms with Crippen molar-refractivity contribution in [2.75, 3.05) is 13.1 Å². The molecule has 0 radical (unpaired) electrons. The maximum atomic E-state index is 13.5. The monoisotopic (exact) mass is 426 g/mol. The zero-order valence-corrected chi connectivity index (χ0v) is 19.7. The largest absolute Gasteiger partial charge is 0.331 e. The quantitative estimate of drug-likeness (QED) is 0.630. The number of thiophene rings is 1. The maximum absolute atomic E-state index is 13.5. The van der Waals surface area contributed by atoms with Crippen molar-refractivity contribution in [3.63, 3.8) is 0 Å². The molecule has 2 atom stereocenters. The van der Waals surface area contributed by atoms with Crippen molar-refractivity contribution < 1.29 is 9.59 Å². The first-order valence-corrected chi connectivity index (χ1v) is 11.8. The molecular weight excluding hydrogens is 392 g/mol. The standard InChI is InChI=1S/C25H34N2O2S/c1-6-18(2)27(22(28)16-25(3,4)5)17-23(29)26-14-12-21-20(13-15-30-21)24(26)19-10-8-7-9-11-19/h7-11,13,15,18,24H,6,12,14,16-17H2,1-5H3. The highest BCUT2D eigenvalue weighted by Gasteiger charge is 2.35. The van der Waals surface area contributed by atoms with E-state index in [1.807, 2.05) is 30.0 Å². The Labute approximate surface area is 184 Å². The Kier molecular flexibility index (Phi) is 7.02. The second-order valence-corrected chi connectivity index (χ2v) is 10.5. The number of fused-ring (bicyclic) bond motifs is 1.